The van der Waals surface area contributed by atoms with E-state index >= 15 is 0 Å². The van der Waals surface area contributed by atoms with Crippen molar-refractivity contribution in [3.8, 4) is 0 Å². The van der Waals surface area contributed by atoms with Gasteiger partial charge >= 0.3 is 0 Å². The highest BCUT2D eigenvalue weighted by Gasteiger charge is 2.14. The third-order valence-electron chi connectivity index (χ3n) is 7.47. The highest BCUT2D eigenvalue weighted by molar-refractivity contribution is 5.79. The molecule has 8 nitrogen and oxygen atoms in total. The van der Waals surface area contributed by atoms with Gasteiger partial charge in [-0.2, -0.15) is 0 Å². The van der Waals surface area contributed by atoms with E-state index in [0.717, 1.165) is 92.7 Å². The summed E-state index contributed by atoms with van der Waals surface area (Å²) in [7, 11) is 0. The number of anilines is 2. The summed E-state index contributed by atoms with van der Waals surface area (Å²) in [6, 6.07) is 19.2. The Labute approximate surface area is 237 Å². The lowest BCUT2D eigenvalue weighted by atomic mass is 10.0. The predicted octanol–water partition coefficient (Wildman–Crippen LogP) is 4.77. The van der Waals surface area contributed by atoms with Gasteiger partial charge in [-0.25, -0.2) is 4.98 Å². The van der Waals surface area contributed by atoms with Crippen LogP contribution < -0.4 is 10.6 Å². The number of aromatic nitrogens is 3. The van der Waals surface area contributed by atoms with E-state index in [0.29, 0.717) is 13.1 Å². The fraction of sp³-hybridized carbons (Fsp3) is 0.438. The number of hydrogen-bond donors (Lipinski definition) is 3. The number of imidazole rings is 1. The van der Waals surface area contributed by atoms with E-state index in [-0.39, 0.29) is 6.61 Å². The molecule has 0 saturated carbocycles. The molecule has 0 bridgehead atoms. The van der Waals surface area contributed by atoms with Crippen LogP contribution in [0.2, 0.25) is 0 Å². The second-order valence-electron chi connectivity index (χ2n) is 10.7. The first-order valence-electron chi connectivity index (χ1n) is 14.5. The minimum Gasteiger partial charge on any atom is -0.396 e. The number of aliphatic hydroxyl groups is 1. The number of morpholine rings is 1. The van der Waals surface area contributed by atoms with Crippen LogP contribution in [-0.2, 0) is 24.2 Å². The van der Waals surface area contributed by atoms with Crippen LogP contribution in [-0.4, -0.2) is 70.5 Å². The van der Waals surface area contributed by atoms with Gasteiger partial charge in [0, 0.05) is 44.2 Å². The van der Waals surface area contributed by atoms with Gasteiger partial charge in [0.15, 0.2) is 0 Å². The number of nitrogens with zero attached hydrogens (tertiary/aromatic N) is 4. The number of aryl methyl sites for hydroxylation is 3. The smallest absolute Gasteiger partial charge is 0.204 e. The molecule has 1 aliphatic heterocycles. The van der Waals surface area contributed by atoms with E-state index in [4.69, 9.17) is 14.7 Å². The van der Waals surface area contributed by atoms with Gasteiger partial charge in [-0.1, -0.05) is 24.3 Å². The van der Waals surface area contributed by atoms with Gasteiger partial charge in [0.25, 0.3) is 0 Å². The molecule has 3 N–H and O–H groups in total. The maximum Gasteiger partial charge on any atom is 0.204 e. The lowest BCUT2D eigenvalue weighted by Gasteiger charge is -2.26. The van der Waals surface area contributed by atoms with E-state index in [1.54, 1.807) is 0 Å². The van der Waals surface area contributed by atoms with Crippen LogP contribution in [0.4, 0.5) is 11.6 Å². The molecule has 3 heterocycles. The largest absolute Gasteiger partial charge is 0.396 e. The minimum absolute atomic E-state index is 0.202. The molecule has 0 radical (unpaired) electrons. The van der Waals surface area contributed by atoms with Gasteiger partial charge in [-0.3, -0.25) is 9.88 Å². The SMILES string of the molecule is Cc1ccc(CCCO)c(NCc2ccc3nc(NCCCN4CCOCC4)n(Cc4cccc(C)n4)c3c2)c1. The average Bonchev–Trinajstić information content (AvgIpc) is 3.30. The summed E-state index contributed by atoms with van der Waals surface area (Å²) in [5.41, 5.74) is 8.90. The Bertz CT molecular complexity index is 1400. The first-order chi connectivity index (χ1) is 19.6. The number of fused-ring (bicyclic) bond motifs is 1. The van der Waals surface area contributed by atoms with Gasteiger partial charge in [0.05, 0.1) is 36.5 Å². The molecule has 0 spiro atoms. The van der Waals surface area contributed by atoms with Gasteiger partial charge in [-0.05, 0) is 86.7 Å². The normalized spacial score (nSPS) is 14.1. The number of benzene rings is 2. The zero-order valence-corrected chi connectivity index (χ0v) is 23.8. The highest BCUT2D eigenvalue weighted by Crippen LogP contribution is 2.25. The molecule has 0 unspecified atom stereocenters. The molecule has 1 aliphatic rings. The number of hydrogen-bond acceptors (Lipinski definition) is 7. The van der Waals surface area contributed by atoms with Crippen molar-refractivity contribution >= 4 is 22.7 Å². The Balaban J connectivity index is 1.34. The van der Waals surface area contributed by atoms with Crippen LogP contribution in [0.5, 0.6) is 0 Å². The van der Waals surface area contributed by atoms with Crippen LogP contribution in [0.15, 0.2) is 54.6 Å². The third kappa shape index (κ3) is 7.38. The fourth-order valence-corrected chi connectivity index (χ4v) is 5.29. The van der Waals surface area contributed by atoms with Gasteiger partial charge in [0.2, 0.25) is 5.95 Å². The van der Waals surface area contributed by atoms with Crippen molar-refractivity contribution in [1.29, 1.82) is 0 Å². The maximum absolute atomic E-state index is 9.31. The molecular formula is C32H42N6O2. The Hall–Kier alpha value is -3.46. The number of pyridine rings is 1. The van der Waals surface area contributed by atoms with E-state index in [1.807, 2.05) is 13.0 Å². The lowest BCUT2D eigenvalue weighted by Crippen LogP contribution is -2.37. The van der Waals surface area contributed by atoms with Crippen molar-refractivity contribution in [2.24, 2.45) is 0 Å². The van der Waals surface area contributed by atoms with Crippen LogP contribution in [0.25, 0.3) is 11.0 Å². The zero-order chi connectivity index (χ0) is 27.7. The third-order valence-corrected chi connectivity index (χ3v) is 7.47. The van der Waals surface area contributed by atoms with Gasteiger partial charge in [0.1, 0.15) is 0 Å². The predicted molar refractivity (Wildman–Crippen MR) is 162 cm³/mol. The molecule has 2 aromatic carbocycles. The summed E-state index contributed by atoms with van der Waals surface area (Å²) in [5, 5.41) is 16.6. The zero-order valence-electron chi connectivity index (χ0n) is 23.8. The summed E-state index contributed by atoms with van der Waals surface area (Å²) in [6.45, 7) is 11.3. The Morgan fingerprint density at radius 1 is 0.950 bits per heavy atom. The van der Waals surface area contributed by atoms with E-state index in [2.05, 4.69) is 75.6 Å². The molecule has 5 rings (SSSR count). The second-order valence-corrected chi connectivity index (χ2v) is 10.7. The molecule has 0 aliphatic carbocycles. The molecule has 40 heavy (non-hydrogen) atoms. The minimum atomic E-state index is 0.202. The summed E-state index contributed by atoms with van der Waals surface area (Å²) in [4.78, 5) is 12.2. The average molecular weight is 543 g/mol. The number of ether oxygens (including phenoxy) is 1. The molecule has 8 heteroatoms. The van der Waals surface area contributed by atoms with Crippen molar-refractivity contribution < 1.29 is 9.84 Å². The first kappa shape index (κ1) is 28.1. The molecule has 4 aromatic rings. The number of rotatable bonds is 13. The maximum atomic E-state index is 9.31. The quantitative estimate of drug-likeness (QED) is 0.210. The number of nitrogens with one attached hydrogen (secondary N) is 2. The van der Waals surface area contributed by atoms with E-state index < -0.39 is 0 Å². The molecule has 0 atom stereocenters. The summed E-state index contributed by atoms with van der Waals surface area (Å²) < 4.78 is 7.74. The summed E-state index contributed by atoms with van der Waals surface area (Å²) in [6.07, 6.45) is 2.67. The van der Waals surface area contributed by atoms with Crippen molar-refractivity contribution in [2.45, 2.75) is 46.2 Å². The van der Waals surface area contributed by atoms with Crippen molar-refractivity contribution in [2.75, 3.05) is 56.6 Å². The molecule has 1 saturated heterocycles. The molecule has 2 aromatic heterocycles. The Morgan fingerprint density at radius 2 is 1.82 bits per heavy atom. The van der Waals surface area contributed by atoms with Crippen molar-refractivity contribution in [3.63, 3.8) is 0 Å². The summed E-state index contributed by atoms with van der Waals surface area (Å²) >= 11 is 0. The molecule has 212 valence electrons. The number of aliphatic hydroxyl groups excluding tert-OH is 1. The molecular weight excluding hydrogens is 500 g/mol. The van der Waals surface area contributed by atoms with Crippen LogP contribution >= 0.6 is 0 Å². The Morgan fingerprint density at radius 3 is 2.65 bits per heavy atom. The first-order valence-corrected chi connectivity index (χ1v) is 14.5. The van der Waals surface area contributed by atoms with E-state index in [1.165, 1.54) is 16.7 Å². The van der Waals surface area contributed by atoms with Crippen LogP contribution in [0.1, 0.15) is 40.9 Å². The monoisotopic (exact) mass is 542 g/mol. The Kier molecular flexibility index (Phi) is 9.65. The highest BCUT2D eigenvalue weighted by atomic mass is 16.5. The lowest BCUT2D eigenvalue weighted by molar-refractivity contribution is 0.0378. The van der Waals surface area contributed by atoms with Crippen molar-refractivity contribution in [3.05, 3.63) is 82.7 Å². The molecule has 0 amide bonds. The summed E-state index contributed by atoms with van der Waals surface area (Å²) in [5.74, 6) is 0.885. The van der Waals surface area contributed by atoms with Crippen LogP contribution in [0, 0.1) is 13.8 Å². The van der Waals surface area contributed by atoms with E-state index in [9.17, 15) is 5.11 Å². The van der Waals surface area contributed by atoms with Gasteiger partial charge < -0.3 is 25.0 Å². The van der Waals surface area contributed by atoms with Crippen molar-refractivity contribution in [1.82, 2.24) is 19.4 Å². The standard InChI is InChI=1S/C32H42N6O2/c1-24-9-11-27(7-4-17-39)30(20-24)34-22-26-10-12-29-31(21-26)38(23-28-8-3-6-25(2)35-28)32(36-29)33-13-5-14-37-15-18-40-19-16-37/h3,6,8-12,20-21,34,39H,4-5,7,13-19,22-23H2,1-2H3,(H,33,36). The second kappa shape index (κ2) is 13.7. The van der Waals surface area contributed by atoms with Gasteiger partial charge in [-0.15, -0.1) is 0 Å². The van der Waals surface area contributed by atoms with Crippen LogP contribution in [0.3, 0.4) is 0 Å². The topological polar surface area (TPSA) is 87.5 Å². The fourth-order valence-electron chi connectivity index (χ4n) is 5.29. The molecule has 1 fully saturated rings.